The van der Waals surface area contributed by atoms with Gasteiger partial charge in [-0.1, -0.05) is 0 Å². The molecule has 82 valence electrons. The molecule has 6 nitrogen and oxygen atoms in total. The number of nitrogens with zero attached hydrogens (tertiary/aromatic N) is 1. The highest BCUT2D eigenvalue weighted by Crippen LogP contribution is 2.15. The molecule has 15 heavy (non-hydrogen) atoms. The van der Waals surface area contributed by atoms with Gasteiger partial charge in [-0.3, -0.25) is 0 Å². The Bertz CT molecular complexity index is 330. The zero-order chi connectivity index (χ0) is 11.1. The molecule has 6 heteroatoms. The van der Waals surface area contributed by atoms with Crippen LogP contribution in [0.15, 0.2) is 18.3 Å². The number of methoxy groups -OCH3 is 1. The van der Waals surface area contributed by atoms with Crippen molar-refractivity contribution in [1.82, 2.24) is 4.98 Å². The Balaban J connectivity index is 2.37. The van der Waals surface area contributed by atoms with Crippen LogP contribution in [0.1, 0.15) is 0 Å². The topological polar surface area (TPSA) is 83.7 Å². The number of ether oxygens (including phenoxy) is 3. The molecular formula is C9H12N2O4. The first-order chi connectivity index (χ1) is 7.24. The minimum Gasteiger partial charge on any atom is -0.464 e. The Labute approximate surface area is 87.0 Å². The fraction of sp³-hybridized carbons (Fsp3) is 0.333. The van der Waals surface area contributed by atoms with Crippen LogP contribution in [-0.4, -0.2) is 31.5 Å². The molecule has 0 saturated heterocycles. The Hall–Kier alpha value is -1.82. The van der Waals surface area contributed by atoms with Crippen LogP contribution in [0.4, 0.5) is 5.69 Å². The molecule has 0 radical (unpaired) electrons. The maximum Gasteiger partial charge on any atom is 0.346 e. The summed E-state index contributed by atoms with van der Waals surface area (Å²) in [7, 11) is 1.42. The second-order valence-electron chi connectivity index (χ2n) is 2.61. The van der Waals surface area contributed by atoms with E-state index in [1.807, 2.05) is 0 Å². The van der Waals surface area contributed by atoms with Crippen LogP contribution in [0.3, 0.4) is 0 Å². The number of hydrogen-bond donors (Lipinski definition) is 1. The average molecular weight is 212 g/mol. The molecule has 0 aliphatic carbocycles. The lowest BCUT2D eigenvalue weighted by Crippen LogP contribution is -2.16. The molecule has 0 aliphatic heterocycles. The van der Waals surface area contributed by atoms with Gasteiger partial charge in [-0.15, -0.1) is 0 Å². The van der Waals surface area contributed by atoms with E-state index in [-0.39, 0.29) is 19.3 Å². The third-order valence-electron chi connectivity index (χ3n) is 1.47. The van der Waals surface area contributed by atoms with Gasteiger partial charge in [0.15, 0.2) is 13.4 Å². The van der Waals surface area contributed by atoms with E-state index < -0.39 is 5.97 Å². The second-order valence-corrected chi connectivity index (χ2v) is 2.61. The fourth-order valence-electron chi connectivity index (χ4n) is 0.817. The Kier molecular flexibility index (Phi) is 4.36. The molecule has 0 aliphatic rings. The van der Waals surface area contributed by atoms with Crippen molar-refractivity contribution in [3.63, 3.8) is 0 Å². The molecule has 1 aromatic rings. The van der Waals surface area contributed by atoms with Crippen molar-refractivity contribution in [1.29, 1.82) is 0 Å². The first-order valence-corrected chi connectivity index (χ1v) is 4.22. The Morgan fingerprint density at radius 3 is 3.07 bits per heavy atom. The monoisotopic (exact) mass is 212 g/mol. The van der Waals surface area contributed by atoms with Gasteiger partial charge in [0.1, 0.15) is 0 Å². The van der Waals surface area contributed by atoms with Gasteiger partial charge in [0.05, 0.1) is 5.69 Å². The number of nitrogens with two attached hydrogens (primary N) is 1. The number of anilines is 1. The molecule has 0 spiro atoms. The van der Waals surface area contributed by atoms with Crippen LogP contribution in [0.2, 0.25) is 0 Å². The van der Waals surface area contributed by atoms with Crippen molar-refractivity contribution >= 4 is 11.7 Å². The smallest absolute Gasteiger partial charge is 0.346 e. The highest BCUT2D eigenvalue weighted by molar-refractivity contribution is 5.71. The summed E-state index contributed by atoms with van der Waals surface area (Å²) in [5.41, 5.74) is 5.91. The van der Waals surface area contributed by atoms with Crippen molar-refractivity contribution < 1.29 is 19.0 Å². The van der Waals surface area contributed by atoms with E-state index >= 15 is 0 Å². The van der Waals surface area contributed by atoms with Crippen LogP contribution < -0.4 is 10.5 Å². The van der Waals surface area contributed by atoms with Crippen molar-refractivity contribution in [3.8, 4) is 5.88 Å². The summed E-state index contributed by atoms with van der Waals surface area (Å²) in [5, 5.41) is 0. The molecular weight excluding hydrogens is 200 g/mol. The van der Waals surface area contributed by atoms with Gasteiger partial charge < -0.3 is 19.9 Å². The minimum atomic E-state index is -0.540. The zero-order valence-electron chi connectivity index (χ0n) is 8.30. The van der Waals surface area contributed by atoms with Crippen LogP contribution >= 0.6 is 0 Å². The highest BCUT2D eigenvalue weighted by atomic mass is 16.7. The summed E-state index contributed by atoms with van der Waals surface area (Å²) >= 11 is 0. The van der Waals surface area contributed by atoms with Gasteiger partial charge >= 0.3 is 5.97 Å². The molecule has 1 heterocycles. The molecule has 0 fully saturated rings. The number of aromatic nitrogens is 1. The Morgan fingerprint density at radius 1 is 1.60 bits per heavy atom. The van der Waals surface area contributed by atoms with Crippen molar-refractivity contribution in [2.24, 2.45) is 0 Å². The fourth-order valence-corrected chi connectivity index (χ4v) is 0.817. The number of pyridine rings is 1. The van der Waals surface area contributed by atoms with Gasteiger partial charge in [-0.2, -0.15) is 0 Å². The summed E-state index contributed by atoms with van der Waals surface area (Å²) in [4.78, 5) is 14.8. The summed E-state index contributed by atoms with van der Waals surface area (Å²) < 4.78 is 14.2. The summed E-state index contributed by atoms with van der Waals surface area (Å²) in [6.45, 7) is -0.343. The molecule has 2 N–H and O–H groups in total. The molecule has 1 aromatic heterocycles. The van der Waals surface area contributed by atoms with Crippen molar-refractivity contribution in [2.45, 2.75) is 0 Å². The van der Waals surface area contributed by atoms with E-state index in [0.29, 0.717) is 5.69 Å². The molecule has 1 rings (SSSR count). The number of carbonyl (C=O) groups is 1. The lowest BCUT2D eigenvalue weighted by Gasteiger charge is -2.06. The maximum atomic E-state index is 11.0. The van der Waals surface area contributed by atoms with E-state index in [9.17, 15) is 4.79 Å². The molecule has 0 saturated carbocycles. The van der Waals surface area contributed by atoms with Gasteiger partial charge in [0.2, 0.25) is 5.88 Å². The third kappa shape index (κ3) is 3.82. The number of rotatable bonds is 5. The SMILES string of the molecule is COCOC(=O)COc1ncccc1N. The van der Waals surface area contributed by atoms with Gasteiger partial charge in [0, 0.05) is 13.3 Å². The lowest BCUT2D eigenvalue weighted by molar-refractivity contribution is -0.156. The average Bonchev–Trinajstić information content (AvgIpc) is 2.25. The van der Waals surface area contributed by atoms with Crippen molar-refractivity contribution in [2.75, 3.05) is 26.2 Å². The van der Waals surface area contributed by atoms with Crippen LogP contribution in [0, 0.1) is 0 Å². The second kappa shape index (κ2) is 5.82. The van der Waals surface area contributed by atoms with Crippen molar-refractivity contribution in [3.05, 3.63) is 18.3 Å². The number of esters is 1. The zero-order valence-corrected chi connectivity index (χ0v) is 8.30. The first kappa shape index (κ1) is 11.3. The van der Waals surface area contributed by atoms with Crippen LogP contribution in [0.5, 0.6) is 5.88 Å². The van der Waals surface area contributed by atoms with Gasteiger partial charge in [-0.25, -0.2) is 9.78 Å². The molecule has 0 atom stereocenters. The van der Waals surface area contributed by atoms with Crippen LogP contribution in [0.25, 0.3) is 0 Å². The first-order valence-electron chi connectivity index (χ1n) is 4.22. The molecule has 0 unspecified atom stereocenters. The number of hydrogen-bond acceptors (Lipinski definition) is 6. The minimum absolute atomic E-state index is 0.0973. The molecule has 0 amide bonds. The predicted octanol–water partition coefficient (Wildman–Crippen LogP) is 0.190. The maximum absolute atomic E-state index is 11.0. The number of carbonyl (C=O) groups excluding carboxylic acids is 1. The van der Waals surface area contributed by atoms with Gasteiger partial charge in [0.25, 0.3) is 0 Å². The number of nitrogen functional groups attached to an aromatic ring is 1. The van der Waals surface area contributed by atoms with E-state index in [1.54, 1.807) is 12.1 Å². The van der Waals surface area contributed by atoms with E-state index in [0.717, 1.165) is 0 Å². The Morgan fingerprint density at radius 2 is 2.40 bits per heavy atom. The summed E-state index contributed by atoms with van der Waals surface area (Å²) in [6, 6.07) is 3.30. The summed E-state index contributed by atoms with van der Waals surface area (Å²) in [5.74, 6) is -0.325. The van der Waals surface area contributed by atoms with Gasteiger partial charge in [-0.05, 0) is 12.1 Å². The third-order valence-corrected chi connectivity index (χ3v) is 1.47. The quantitative estimate of drug-likeness (QED) is 0.554. The normalized spacial score (nSPS) is 9.67. The highest BCUT2D eigenvalue weighted by Gasteiger charge is 2.06. The van der Waals surface area contributed by atoms with E-state index in [1.165, 1.54) is 13.3 Å². The molecule has 0 aromatic carbocycles. The van der Waals surface area contributed by atoms with Crippen LogP contribution in [-0.2, 0) is 14.3 Å². The summed E-state index contributed by atoms with van der Waals surface area (Å²) in [6.07, 6.45) is 1.52. The predicted molar refractivity (Wildman–Crippen MR) is 52.1 cm³/mol. The lowest BCUT2D eigenvalue weighted by atomic mass is 10.4. The molecule has 0 bridgehead atoms. The largest absolute Gasteiger partial charge is 0.464 e. The van der Waals surface area contributed by atoms with E-state index in [4.69, 9.17) is 10.5 Å². The van der Waals surface area contributed by atoms with E-state index in [2.05, 4.69) is 14.5 Å². The standard InChI is InChI=1S/C9H12N2O4/c1-13-6-15-8(12)5-14-9-7(10)3-2-4-11-9/h2-4H,5-6,10H2,1H3.